The van der Waals surface area contributed by atoms with Gasteiger partial charge in [0.2, 0.25) is 5.91 Å². The molecule has 31 heavy (non-hydrogen) atoms. The maximum atomic E-state index is 12.2. The smallest absolute Gasteiger partial charge is 0.225 e. The summed E-state index contributed by atoms with van der Waals surface area (Å²) in [5.41, 5.74) is 4.34. The Labute approximate surface area is 182 Å². The van der Waals surface area contributed by atoms with Crippen LogP contribution in [0, 0.1) is 11.3 Å². The van der Waals surface area contributed by atoms with Gasteiger partial charge in [-0.25, -0.2) is 4.98 Å². The molecule has 0 bridgehead atoms. The van der Waals surface area contributed by atoms with Crippen molar-refractivity contribution in [1.82, 2.24) is 14.9 Å². The Morgan fingerprint density at radius 2 is 2.19 bits per heavy atom. The summed E-state index contributed by atoms with van der Waals surface area (Å²) >= 11 is 0. The fraction of sp³-hybridized carbons (Fsp3) is 0.417. The maximum Gasteiger partial charge on any atom is 0.225 e. The number of piperazine rings is 1. The van der Waals surface area contributed by atoms with E-state index in [0.717, 1.165) is 35.4 Å². The van der Waals surface area contributed by atoms with Crippen molar-refractivity contribution in [3.8, 4) is 17.2 Å². The highest BCUT2D eigenvalue weighted by Crippen LogP contribution is 2.45. The fourth-order valence-corrected chi connectivity index (χ4v) is 4.23. The third-order valence-electron chi connectivity index (χ3n) is 5.99. The number of carbonyl (C=O) groups is 1. The van der Waals surface area contributed by atoms with Crippen molar-refractivity contribution in [2.45, 2.75) is 38.1 Å². The Bertz CT molecular complexity index is 1040. The normalized spacial score (nSPS) is 18.5. The van der Waals surface area contributed by atoms with E-state index in [4.69, 9.17) is 10.1 Å². The third-order valence-corrected chi connectivity index (χ3v) is 5.99. The largest absolute Gasteiger partial charge is 0.396 e. The van der Waals surface area contributed by atoms with Gasteiger partial charge in [0.15, 0.2) is 0 Å². The number of pyridine rings is 2. The number of carbonyl (C=O) groups excluding carboxylic acids is 1. The molecule has 4 rings (SSSR count). The lowest BCUT2D eigenvalue weighted by Gasteiger charge is -2.40. The van der Waals surface area contributed by atoms with Crippen molar-refractivity contribution < 1.29 is 9.90 Å². The fourth-order valence-electron chi connectivity index (χ4n) is 4.23. The van der Waals surface area contributed by atoms with Crippen LogP contribution in [0.4, 0.5) is 5.82 Å². The van der Waals surface area contributed by atoms with Crippen LogP contribution in [0.25, 0.3) is 17.2 Å². The Balaban J connectivity index is 1.68. The van der Waals surface area contributed by atoms with E-state index in [1.54, 1.807) is 12.3 Å². The van der Waals surface area contributed by atoms with Gasteiger partial charge in [-0.3, -0.25) is 9.78 Å². The molecule has 7 heteroatoms. The molecule has 0 aromatic carbocycles. The number of rotatable bonds is 6. The van der Waals surface area contributed by atoms with Gasteiger partial charge in [-0.2, -0.15) is 5.26 Å². The van der Waals surface area contributed by atoms with Gasteiger partial charge in [-0.05, 0) is 49.6 Å². The molecule has 1 saturated heterocycles. The Morgan fingerprint density at radius 1 is 1.39 bits per heavy atom. The first-order valence-electron chi connectivity index (χ1n) is 10.7. The molecule has 2 aromatic heterocycles. The first kappa shape index (κ1) is 21.0. The summed E-state index contributed by atoms with van der Waals surface area (Å²) < 4.78 is 0. The van der Waals surface area contributed by atoms with Crippen molar-refractivity contribution in [1.29, 1.82) is 5.26 Å². The average Bonchev–Trinajstić information content (AvgIpc) is 3.63. The van der Waals surface area contributed by atoms with Gasteiger partial charge in [0.05, 0.1) is 23.6 Å². The van der Waals surface area contributed by atoms with Crippen LogP contribution < -0.4 is 4.90 Å². The minimum atomic E-state index is -0.138. The first-order chi connectivity index (χ1) is 15.0. The SMILES string of the molecule is C=Cc1cc(-c2cc(C#N)c(N3CCN(C(=O)CCO)[C@H](C)C3)nc2C2CC2)ccn1. The molecule has 2 fully saturated rings. The highest BCUT2D eigenvalue weighted by Gasteiger charge is 2.33. The number of aromatic nitrogens is 2. The van der Waals surface area contributed by atoms with E-state index in [9.17, 15) is 10.1 Å². The molecule has 3 heterocycles. The second-order valence-electron chi connectivity index (χ2n) is 8.21. The molecule has 1 N–H and O–H groups in total. The molecule has 2 aliphatic rings. The van der Waals surface area contributed by atoms with Crippen molar-refractivity contribution in [3.05, 3.63) is 47.9 Å². The van der Waals surface area contributed by atoms with Crippen LogP contribution in [0.3, 0.4) is 0 Å². The first-order valence-corrected chi connectivity index (χ1v) is 10.7. The number of amides is 1. The molecule has 7 nitrogen and oxygen atoms in total. The Kier molecular flexibility index (Phi) is 6.01. The van der Waals surface area contributed by atoms with Crippen LogP contribution in [-0.4, -0.2) is 58.2 Å². The lowest BCUT2D eigenvalue weighted by molar-refractivity contribution is -0.134. The second-order valence-corrected chi connectivity index (χ2v) is 8.21. The van der Waals surface area contributed by atoms with Crippen LogP contribution in [0.15, 0.2) is 31.0 Å². The number of hydrogen-bond acceptors (Lipinski definition) is 6. The summed E-state index contributed by atoms with van der Waals surface area (Å²) in [6.07, 6.45) is 5.82. The Morgan fingerprint density at radius 3 is 2.84 bits per heavy atom. The predicted molar refractivity (Wildman–Crippen MR) is 119 cm³/mol. The third kappa shape index (κ3) is 4.30. The minimum absolute atomic E-state index is 0.0134. The van der Waals surface area contributed by atoms with E-state index in [1.165, 1.54) is 0 Å². The average molecular weight is 418 g/mol. The lowest BCUT2D eigenvalue weighted by Crippen LogP contribution is -2.54. The Hall–Kier alpha value is -3.24. The molecule has 1 atom stereocenters. The standard InChI is InChI=1S/C24H27N5O2/c1-3-20-12-18(6-8-26-20)21-13-19(14-25)24(27-23(21)17-4-5-17)28-9-10-29(16(2)15-28)22(31)7-11-30/h3,6,8,12-13,16-17,30H,1,4-5,7,9-11,15H2,2H3/t16-/m1/s1. The molecule has 0 spiro atoms. The summed E-state index contributed by atoms with van der Waals surface area (Å²) in [6.45, 7) is 7.44. The van der Waals surface area contributed by atoms with E-state index in [0.29, 0.717) is 36.9 Å². The molecule has 160 valence electrons. The molecule has 0 unspecified atom stereocenters. The molecule has 2 aromatic rings. The van der Waals surface area contributed by atoms with E-state index >= 15 is 0 Å². The molecule has 1 aliphatic heterocycles. The van der Waals surface area contributed by atoms with Crippen LogP contribution in [0.5, 0.6) is 0 Å². The zero-order valence-electron chi connectivity index (χ0n) is 17.8. The van der Waals surface area contributed by atoms with E-state index in [2.05, 4.69) is 22.5 Å². The van der Waals surface area contributed by atoms with Gasteiger partial charge in [-0.15, -0.1) is 0 Å². The zero-order chi connectivity index (χ0) is 22.0. The van der Waals surface area contributed by atoms with Crippen molar-refractivity contribution in [3.63, 3.8) is 0 Å². The summed E-state index contributed by atoms with van der Waals surface area (Å²) in [5.74, 6) is 1.08. The number of hydrogen-bond donors (Lipinski definition) is 1. The van der Waals surface area contributed by atoms with E-state index in [1.807, 2.05) is 30.0 Å². The molecular weight excluding hydrogens is 390 g/mol. The van der Waals surface area contributed by atoms with Crippen molar-refractivity contribution in [2.75, 3.05) is 31.1 Å². The van der Waals surface area contributed by atoms with Gasteiger partial charge in [0.25, 0.3) is 0 Å². The number of anilines is 1. The highest BCUT2D eigenvalue weighted by atomic mass is 16.3. The molecule has 0 radical (unpaired) electrons. The van der Waals surface area contributed by atoms with E-state index in [-0.39, 0.29) is 25.0 Å². The number of aliphatic hydroxyl groups excluding tert-OH is 1. The van der Waals surface area contributed by atoms with Gasteiger partial charge in [-0.1, -0.05) is 6.58 Å². The molecule has 1 amide bonds. The lowest BCUT2D eigenvalue weighted by atomic mass is 9.99. The van der Waals surface area contributed by atoms with Gasteiger partial charge in [0, 0.05) is 49.8 Å². The van der Waals surface area contributed by atoms with Crippen molar-refractivity contribution >= 4 is 17.8 Å². The minimum Gasteiger partial charge on any atom is -0.396 e. The van der Waals surface area contributed by atoms with Gasteiger partial charge in [0.1, 0.15) is 11.9 Å². The summed E-state index contributed by atoms with van der Waals surface area (Å²) in [6, 6.07) is 8.20. The number of nitrogens with zero attached hydrogens (tertiary/aromatic N) is 5. The maximum absolute atomic E-state index is 12.2. The van der Waals surface area contributed by atoms with E-state index < -0.39 is 0 Å². The topological polar surface area (TPSA) is 93.4 Å². The number of aliphatic hydroxyl groups is 1. The quantitative estimate of drug-likeness (QED) is 0.777. The van der Waals surface area contributed by atoms with Crippen LogP contribution in [0.1, 0.15) is 49.1 Å². The van der Waals surface area contributed by atoms with Gasteiger partial charge >= 0.3 is 0 Å². The molecule has 1 saturated carbocycles. The van der Waals surface area contributed by atoms with Gasteiger partial charge < -0.3 is 14.9 Å². The summed E-state index contributed by atoms with van der Waals surface area (Å²) in [7, 11) is 0. The van der Waals surface area contributed by atoms with Crippen molar-refractivity contribution in [2.24, 2.45) is 0 Å². The predicted octanol–water partition coefficient (Wildman–Crippen LogP) is 2.96. The number of nitriles is 1. The monoisotopic (exact) mass is 417 g/mol. The molecular formula is C24H27N5O2. The van der Waals surface area contributed by atoms with Crippen LogP contribution >= 0.6 is 0 Å². The zero-order valence-corrected chi connectivity index (χ0v) is 17.8. The highest BCUT2D eigenvalue weighted by molar-refractivity contribution is 5.77. The summed E-state index contributed by atoms with van der Waals surface area (Å²) in [4.78, 5) is 25.5. The molecule has 1 aliphatic carbocycles. The second kappa shape index (κ2) is 8.86. The van der Waals surface area contributed by atoms with Crippen LogP contribution in [0.2, 0.25) is 0 Å². The van der Waals surface area contributed by atoms with Crippen LogP contribution in [-0.2, 0) is 4.79 Å². The summed E-state index contributed by atoms with van der Waals surface area (Å²) in [5, 5.41) is 19.0.